The second-order valence-electron chi connectivity index (χ2n) is 6.26. The Bertz CT molecular complexity index is 953. The summed E-state index contributed by atoms with van der Waals surface area (Å²) in [5, 5.41) is 0. The van der Waals surface area contributed by atoms with Gasteiger partial charge in [-0.15, -0.1) is 0 Å². The number of hydrogen-bond donors (Lipinski definition) is 0. The van der Waals surface area contributed by atoms with Gasteiger partial charge in [-0.2, -0.15) is 4.39 Å². The van der Waals surface area contributed by atoms with Crippen LogP contribution in [0.1, 0.15) is 25.0 Å². The molecule has 3 rings (SSSR count). The van der Waals surface area contributed by atoms with Gasteiger partial charge in [0.2, 0.25) is 5.82 Å². The molecule has 0 saturated heterocycles. The fourth-order valence-electron chi connectivity index (χ4n) is 2.89. The van der Waals surface area contributed by atoms with Crippen LogP contribution in [-0.4, -0.2) is 6.61 Å². The van der Waals surface area contributed by atoms with Crippen LogP contribution in [0, 0.1) is 17.5 Å². The fourth-order valence-corrected chi connectivity index (χ4v) is 2.89. The van der Waals surface area contributed by atoms with Crippen LogP contribution in [0.4, 0.5) is 13.2 Å². The van der Waals surface area contributed by atoms with Crippen molar-refractivity contribution in [1.29, 1.82) is 0 Å². The van der Waals surface area contributed by atoms with Gasteiger partial charge in [-0.3, -0.25) is 0 Å². The monoisotopic (exact) mass is 386 g/mol. The molecule has 0 radical (unpaired) electrons. The quantitative estimate of drug-likeness (QED) is 0.474. The molecule has 146 valence electrons. The maximum Gasteiger partial charge on any atom is 0.201 e. The molecule has 0 bridgehead atoms. The van der Waals surface area contributed by atoms with Crippen molar-refractivity contribution < 1.29 is 22.6 Å². The van der Waals surface area contributed by atoms with Crippen LogP contribution in [0.5, 0.6) is 11.5 Å². The summed E-state index contributed by atoms with van der Waals surface area (Å²) < 4.78 is 52.9. The van der Waals surface area contributed by atoms with Gasteiger partial charge in [0.1, 0.15) is 18.2 Å². The Morgan fingerprint density at radius 3 is 2.18 bits per heavy atom. The Morgan fingerprint density at radius 1 is 0.786 bits per heavy atom. The Morgan fingerprint density at radius 2 is 1.54 bits per heavy atom. The van der Waals surface area contributed by atoms with Crippen LogP contribution in [0.25, 0.3) is 11.1 Å². The average Bonchev–Trinajstić information content (AvgIpc) is 2.71. The lowest BCUT2D eigenvalue weighted by Gasteiger charge is -2.11. The smallest absolute Gasteiger partial charge is 0.201 e. The van der Waals surface area contributed by atoms with Crippen LogP contribution >= 0.6 is 0 Å². The first-order chi connectivity index (χ1) is 13.5. The molecule has 0 aliphatic carbocycles. The molecule has 0 unspecified atom stereocenters. The lowest BCUT2D eigenvalue weighted by molar-refractivity contribution is 0.305. The molecule has 0 aliphatic heterocycles. The third kappa shape index (κ3) is 4.30. The van der Waals surface area contributed by atoms with Crippen molar-refractivity contribution in [1.82, 2.24) is 0 Å². The third-order valence-electron chi connectivity index (χ3n) is 4.42. The lowest BCUT2D eigenvalue weighted by Crippen LogP contribution is -1.99. The number of benzene rings is 3. The van der Waals surface area contributed by atoms with Crippen molar-refractivity contribution in [2.24, 2.45) is 0 Å². The molecule has 0 saturated carbocycles. The molecule has 0 spiro atoms. The minimum Gasteiger partial charge on any atom is -0.491 e. The van der Waals surface area contributed by atoms with E-state index >= 15 is 0 Å². The van der Waals surface area contributed by atoms with E-state index in [0.717, 1.165) is 5.56 Å². The highest BCUT2D eigenvalue weighted by Gasteiger charge is 2.15. The van der Waals surface area contributed by atoms with E-state index in [2.05, 4.69) is 0 Å². The first-order valence-electron chi connectivity index (χ1n) is 9.14. The van der Waals surface area contributed by atoms with Gasteiger partial charge < -0.3 is 9.47 Å². The molecule has 2 nitrogen and oxygen atoms in total. The van der Waals surface area contributed by atoms with Crippen molar-refractivity contribution in [3.8, 4) is 22.6 Å². The second-order valence-corrected chi connectivity index (χ2v) is 6.26. The summed E-state index contributed by atoms with van der Waals surface area (Å²) >= 11 is 0. The van der Waals surface area contributed by atoms with Crippen molar-refractivity contribution in [2.75, 3.05) is 6.61 Å². The Balaban J connectivity index is 1.72. The Labute approximate surface area is 162 Å². The van der Waals surface area contributed by atoms with Crippen LogP contribution < -0.4 is 9.47 Å². The van der Waals surface area contributed by atoms with Gasteiger partial charge in [0.25, 0.3) is 0 Å². The Kier molecular flexibility index (Phi) is 6.24. The predicted octanol–water partition coefficient (Wildman–Crippen LogP) is 6.31. The predicted molar refractivity (Wildman–Crippen MR) is 103 cm³/mol. The van der Waals surface area contributed by atoms with Crippen LogP contribution in [-0.2, 0) is 13.0 Å². The van der Waals surface area contributed by atoms with Crippen molar-refractivity contribution in [3.63, 3.8) is 0 Å². The van der Waals surface area contributed by atoms with E-state index in [9.17, 15) is 13.2 Å². The molecule has 0 amide bonds. The van der Waals surface area contributed by atoms with Gasteiger partial charge in [-0.1, -0.05) is 31.2 Å². The first-order valence-corrected chi connectivity index (χ1v) is 9.14. The van der Waals surface area contributed by atoms with Crippen LogP contribution in [0.3, 0.4) is 0 Å². The maximum absolute atomic E-state index is 14.3. The summed E-state index contributed by atoms with van der Waals surface area (Å²) in [6.45, 7) is 4.07. The highest BCUT2D eigenvalue weighted by molar-refractivity contribution is 5.66. The summed E-state index contributed by atoms with van der Waals surface area (Å²) in [5.74, 6) is -1.75. The molecule has 5 heteroatoms. The number of rotatable bonds is 7. The largest absolute Gasteiger partial charge is 0.491 e. The summed E-state index contributed by atoms with van der Waals surface area (Å²) in [6, 6.07) is 14.6. The van der Waals surface area contributed by atoms with Gasteiger partial charge >= 0.3 is 0 Å². The minimum atomic E-state index is -1.00. The Hall–Kier alpha value is -2.95. The standard InChI is InChI=1S/C23H21F3O2/c1-3-16-6-5-15(13-20(16)24)14-28-18-9-7-17(8-10-18)19-11-12-21(27-4-2)23(26)22(19)25/h5-13H,3-4,14H2,1-2H3. The second kappa shape index (κ2) is 8.83. The SMILES string of the molecule is CCOc1ccc(-c2ccc(OCc3ccc(CC)c(F)c3)cc2)c(F)c1F. The van der Waals surface area contributed by atoms with E-state index in [4.69, 9.17) is 9.47 Å². The molecule has 3 aromatic carbocycles. The number of aryl methyl sites for hydroxylation is 1. The highest BCUT2D eigenvalue weighted by atomic mass is 19.2. The molecule has 28 heavy (non-hydrogen) atoms. The van der Waals surface area contributed by atoms with E-state index in [1.807, 2.05) is 13.0 Å². The normalized spacial score (nSPS) is 10.8. The van der Waals surface area contributed by atoms with E-state index in [-0.39, 0.29) is 30.3 Å². The molecule has 0 N–H and O–H groups in total. The van der Waals surface area contributed by atoms with Crippen molar-refractivity contribution in [2.45, 2.75) is 26.9 Å². The fraction of sp³-hybridized carbons (Fsp3) is 0.217. The topological polar surface area (TPSA) is 18.5 Å². The first kappa shape index (κ1) is 19.8. The van der Waals surface area contributed by atoms with Crippen LogP contribution in [0.2, 0.25) is 0 Å². The highest BCUT2D eigenvalue weighted by Crippen LogP contribution is 2.31. The van der Waals surface area contributed by atoms with Gasteiger partial charge in [0.05, 0.1) is 6.61 Å². The van der Waals surface area contributed by atoms with Crippen molar-refractivity contribution >= 4 is 0 Å². The minimum absolute atomic E-state index is 0.106. The zero-order valence-corrected chi connectivity index (χ0v) is 15.8. The van der Waals surface area contributed by atoms with Gasteiger partial charge in [-0.05, 0) is 60.4 Å². The number of halogens is 3. The third-order valence-corrected chi connectivity index (χ3v) is 4.42. The van der Waals surface area contributed by atoms with Gasteiger partial charge in [0.15, 0.2) is 11.6 Å². The molecule has 3 aromatic rings. The van der Waals surface area contributed by atoms with Crippen molar-refractivity contribution in [3.05, 3.63) is 83.2 Å². The summed E-state index contributed by atoms with van der Waals surface area (Å²) in [7, 11) is 0. The van der Waals surface area contributed by atoms with Crippen LogP contribution in [0.15, 0.2) is 54.6 Å². The lowest BCUT2D eigenvalue weighted by atomic mass is 10.0. The zero-order valence-electron chi connectivity index (χ0n) is 15.8. The zero-order chi connectivity index (χ0) is 20.1. The van der Waals surface area contributed by atoms with Gasteiger partial charge in [-0.25, -0.2) is 8.78 Å². The summed E-state index contributed by atoms with van der Waals surface area (Å²) in [5.41, 5.74) is 2.05. The van der Waals surface area contributed by atoms with E-state index in [1.165, 1.54) is 18.2 Å². The summed E-state index contributed by atoms with van der Waals surface area (Å²) in [4.78, 5) is 0. The molecule has 0 aromatic heterocycles. The molecular weight excluding hydrogens is 365 g/mol. The molecule has 0 atom stereocenters. The molecule has 0 heterocycles. The van der Waals surface area contributed by atoms with E-state index < -0.39 is 11.6 Å². The number of hydrogen-bond acceptors (Lipinski definition) is 2. The molecular formula is C23H21F3O2. The maximum atomic E-state index is 14.3. The van der Waals surface area contributed by atoms with E-state index in [0.29, 0.717) is 23.3 Å². The van der Waals surface area contributed by atoms with E-state index in [1.54, 1.807) is 37.3 Å². The molecule has 0 fully saturated rings. The molecule has 0 aliphatic rings. The average molecular weight is 386 g/mol. The van der Waals surface area contributed by atoms with Gasteiger partial charge in [0, 0.05) is 5.56 Å². The number of ether oxygens (including phenoxy) is 2. The summed E-state index contributed by atoms with van der Waals surface area (Å²) in [6.07, 6.45) is 0.636.